The van der Waals surface area contributed by atoms with Gasteiger partial charge in [0.05, 0.1) is 22.9 Å². The van der Waals surface area contributed by atoms with E-state index in [0.717, 1.165) is 10.2 Å². The average molecular weight is 411 g/mol. The van der Waals surface area contributed by atoms with E-state index in [1.165, 1.54) is 18.4 Å². The maximum atomic E-state index is 12.3. The molecular weight excluding hydrogens is 394 g/mol. The number of aromatic nitrogens is 4. The van der Waals surface area contributed by atoms with Crippen molar-refractivity contribution in [3.63, 3.8) is 0 Å². The summed E-state index contributed by atoms with van der Waals surface area (Å²) in [4.78, 5) is 40.5. The van der Waals surface area contributed by atoms with Crippen LogP contribution in [0.4, 0.5) is 0 Å². The molecule has 2 aliphatic rings. The minimum absolute atomic E-state index is 0.210. The topological polar surface area (TPSA) is 119 Å². The molecule has 10 heteroatoms. The van der Waals surface area contributed by atoms with E-state index in [0.29, 0.717) is 30.1 Å². The Bertz CT molecular complexity index is 1190. The Hall–Kier alpha value is -3.53. The summed E-state index contributed by atoms with van der Waals surface area (Å²) in [5.74, 6) is -0.793. The number of nitrogens with zero attached hydrogens (tertiary/aromatic N) is 3. The maximum absolute atomic E-state index is 12.3. The van der Waals surface area contributed by atoms with E-state index in [1.54, 1.807) is 17.0 Å². The quantitative estimate of drug-likeness (QED) is 0.369. The highest BCUT2D eigenvalue weighted by Crippen LogP contribution is 2.22. The minimum atomic E-state index is -0.569. The van der Waals surface area contributed by atoms with Crippen LogP contribution in [0.25, 0.3) is 21.5 Å². The van der Waals surface area contributed by atoms with Gasteiger partial charge in [0.15, 0.2) is 5.01 Å². The zero-order valence-corrected chi connectivity index (χ0v) is 16.3. The van der Waals surface area contributed by atoms with Crippen LogP contribution in [0.2, 0.25) is 0 Å². The van der Waals surface area contributed by atoms with Crippen molar-refractivity contribution in [2.75, 3.05) is 13.7 Å². The number of rotatable bonds is 6. The third-order valence-electron chi connectivity index (χ3n) is 4.39. The molecular formula is C19H17N5O4S. The molecule has 2 aliphatic heterocycles. The van der Waals surface area contributed by atoms with Gasteiger partial charge in [-0.15, -0.1) is 11.3 Å². The summed E-state index contributed by atoms with van der Waals surface area (Å²) >= 11 is 1.35. The fourth-order valence-corrected chi connectivity index (χ4v) is 3.87. The number of esters is 1. The molecule has 1 aromatic heterocycles. The highest BCUT2D eigenvalue weighted by Gasteiger charge is 2.21. The molecule has 2 aromatic rings. The highest BCUT2D eigenvalue weighted by atomic mass is 32.1. The lowest BCUT2D eigenvalue weighted by atomic mass is 10.1. The van der Waals surface area contributed by atoms with Crippen LogP contribution in [0, 0.1) is 0 Å². The predicted octanol–water partition coefficient (Wildman–Crippen LogP) is 1.89. The summed E-state index contributed by atoms with van der Waals surface area (Å²) in [6.45, 7) is 0.910. The highest BCUT2D eigenvalue weighted by molar-refractivity contribution is 7.20. The lowest BCUT2D eigenvalue weighted by Crippen LogP contribution is -2.25. The van der Waals surface area contributed by atoms with Crippen LogP contribution in [0.3, 0.4) is 0 Å². The maximum Gasteiger partial charge on any atom is 0.341 e. The molecule has 0 saturated heterocycles. The summed E-state index contributed by atoms with van der Waals surface area (Å²) in [6, 6.07) is 7.59. The first-order chi connectivity index (χ1) is 14.1. The summed E-state index contributed by atoms with van der Waals surface area (Å²) < 4.78 is 7.45. The number of benzene rings is 1. The standard InChI is InChI=1S/C19H17N5O4S/c1-28-19(27)12-10-24(9-11-15(12)22-23-16(11)25)8-4-7-20-17(26)18-21-13-5-2-3-6-14(13)29-18/h2-3,5-6,9-10H,4,7-8H2,1H3,(H,20,26)(H,23,25). The lowest BCUT2D eigenvalue weighted by Gasteiger charge is -2.11. The van der Waals surface area contributed by atoms with Crippen molar-refractivity contribution in [3.05, 3.63) is 57.6 Å². The van der Waals surface area contributed by atoms with Gasteiger partial charge in [-0.1, -0.05) is 12.1 Å². The van der Waals surface area contributed by atoms with Crippen molar-refractivity contribution in [3.8, 4) is 11.3 Å². The van der Waals surface area contributed by atoms with Crippen LogP contribution in [0.1, 0.15) is 26.6 Å². The number of hydrogen-bond donors (Lipinski definition) is 2. The van der Waals surface area contributed by atoms with Gasteiger partial charge in [0, 0.05) is 25.5 Å². The third kappa shape index (κ3) is 3.74. The molecule has 0 spiro atoms. The number of pyridine rings is 1. The van der Waals surface area contributed by atoms with Crippen molar-refractivity contribution in [2.24, 2.45) is 0 Å². The van der Waals surface area contributed by atoms with Gasteiger partial charge in [0.25, 0.3) is 11.5 Å². The fourth-order valence-electron chi connectivity index (χ4n) is 2.99. The van der Waals surface area contributed by atoms with E-state index in [1.807, 2.05) is 24.3 Å². The molecule has 1 amide bonds. The number of aryl methyl sites for hydroxylation is 1. The third-order valence-corrected chi connectivity index (χ3v) is 5.42. The van der Waals surface area contributed by atoms with Crippen molar-refractivity contribution in [1.82, 2.24) is 25.1 Å². The fraction of sp³-hybridized carbons (Fsp3) is 0.211. The van der Waals surface area contributed by atoms with Crippen molar-refractivity contribution >= 4 is 33.4 Å². The van der Waals surface area contributed by atoms with Gasteiger partial charge in [-0.3, -0.25) is 9.59 Å². The van der Waals surface area contributed by atoms with E-state index in [-0.39, 0.29) is 22.7 Å². The molecule has 148 valence electrons. The summed E-state index contributed by atoms with van der Waals surface area (Å²) in [5.41, 5.74) is 1.23. The molecule has 0 saturated carbocycles. The molecule has 0 fully saturated rings. The van der Waals surface area contributed by atoms with E-state index in [4.69, 9.17) is 4.74 Å². The molecule has 0 radical (unpaired) electrons. The number of fused-ring (bicyclic) bond motifs is 2. The van der Waals surface area contributed by atoms with Crippen LogP contribution in [0.15, 0.2) is 41.5 Å². The lowest BCUT2D eigenvalue weighted by molar-refractivity contribution is 0.0600. The minimum Gasteiger partial charge on any atom is -0.465 e. The number of ether oxygens (including phenoxy) is 1. The Labute approximate surface area is 168 Å². The normalized spacial score (nSPS) is 11.1. The molecule has 29 heavy (non-hydrogen) atoms. The van der Waals surface area contributed by atoms with Crippen LogP contribution in [0.5, 0.6) is 0 Å². The molecule has 9 nitrogen and oxygen atoms in total. The zero-order valence-electron chi connectivity index (χ0n) is 15.5. The number of H-pyrrole nitrogens is 1. The first-order valence-corrected chi connectivity index (χ1v) is 9.68. The molecule has 0 unspecified atom stereocenters. The second-order valence-electron chi connectivity index (χ2n) is 6.31. The number of amides is 1. The van der Waals surface area contributed by atoms with Crippen molar-refractivity contribution in [2.45, 2.75) is 13.0 Å². The van der Waals surface area contributed by atoms with Crippen LogP contribution >= 0.6 is 11.3 Å². The molecule has 0 aliphatic carbocycles. The Kier molecular flexibility index (Phi) is 5.09. The van der Waals surface area contributed by atoms with Gasteiger partial charge in [0.2, 0.25) is 0 Å². The largest absolute Gasteiger partial charge is 0.465 e. The van der Waals surface area contributed by atoms with E-state index >= 15 is 0 Å². The molecule has 3 heterocycles. The van der Waals surface area contributed by atoms with Gasteiger partial charge < -0.3 is 14.6 Å². The van der Waals surface area contributed by atoms with Crippen LogP contribution in [-0.4, -0.2) is 45.3 Å². The smallest absolute Gasteiger partial charge is 0.341 e. The van der Waals surface area contributed by atoms with Crippen LogP contribution in [-0.2, 0) is 11.3 Å². The number of para-hydroxylation sites is 1. The van der Waals surface area contributed by atoms with Gasteiger partial charge in [-0.2, -0.15) is 5.10 Å². The van der Waals surface area contributed by atoms with E-state index in [2.05, 4.69) is 20.5 Å². The van der Waals surface area contributed by atoms with Gasteiger partial charge in [-0.25, -0.2) is 14.9 Å². The van der Waals surface area contributed by atoms with E-state index < -0.39 is 5.97 Å². The Balaban J connectivity index is 1.41. The van der Waals surface area contributed by atoms with Crippen molar-refractivity contribution < 1.29 is 14.3 Å². The number of hydrogen-bond acceptors (Lipinski definition) is 7. The first-order valence-electron chi connectivity index (χ1n) is 8.87. The molecule has 1 aromatic carbocycles. The second kappa shape index (κ2) is 7.84. The monoisotopic (exact) mass is 411 g/mol. The predicted molar refractivity (Wildman–Crippen MR) is 107 cm³/mol. The number of aromatic amines is 1. The summed E-state index contributed by atoms with van der Waals surface area (Å²) in [7, 11) is 1.27. The Morgan fingerprint density at radius 2 is 2.10 bits per heavy atom. The number of carbonyl (C=O) groups excluding carboxylic acids is 2. The molecule has 0 bridgehead atoms. The molecule has 0 atom stereocenters. The zero-order chi connectivity index (χ0) is 20.4. The van der Waals surface area contributed by atoms with Gasteiger partial charge >= 0.3 is 5.97 Å². The van der Waals surface area contributed by atoms with E-state index in [9.17, 15) is 14.4 Å². The number of nitrogens with one attached hydrogen (secondary N) is 2. The summed E-state index contributed by atoms with van der Waals surface area (Å²) in [6.07, 6.45) is 3.81. The summed E-state index contributed by atoms with van der Waals surface area (Å²) in [5, 5.41) is 9.50. The molecule has 4 rings (SSSR count). The van der Waals surface area contributed by atoms with Crippen molar-refractivity contribution in [1.29, 1.82) is 0 Å². The second-order valence-corrected chi connectivity index (χ2v) is 7.34. The number of thiazole rings is 1. The van der Waals surface area contributed by atoms with Gasteiger partial charge in [0.1, 0.15) is 11.3 Å². The first kappa shape index (κ1) is 18.8. The number of carbonyl (C=O) groups is 2. The molecule has 2 N–H and O–H groups in total. The Morgan fingerprint density at radius 1 is 1.28 bits per heavy atom. The van der Waals surface area contributed by atoms with Crippen LogP contribution < -0.4 is 10.9 Å². The average Bonchev–Trinajstić information content (AvgIpc) is 3.34. The SMILES string of the molecule is COC(=O)c1cn(CCCNC(=O)c2nc3ccccc3s2)cc2c(=O)[nH]nc1-2. The Morgan fingerprint density at radius 3 is 2.90 bits per heavy atom. The van der Waals surface area contributed by atoms with Gasteiger partial charge in [-0.05, 0) is 18.6 Å². The number of methoxy groups -OCH3 is 1.